The molecule has 0 aliphatic carbocycles. The van der Waals surface area contributed by atoms with Gasteiger partial charge < -0.3 is 13.8 Å². The summed E-state index contributed by atoms with van der Waals surface area (Å²) in [4.78, 5) is 2.21. The second-order valence-corrected chi connectivity index (χ2v) is 8.52. The van der Waals surface area contributed by atoms with E-state index in [0.29, 0.717) is 13.2 Å². The van der Waals surface area contributed by atoms with Gasteiger partial charge in [0.15, 0.2) is 0 Å². The topological polar surface area (TPSA) is 21.7 Å². The number of hydrogen-bond donors (Lipinski definition) is 0. The third kappa shape index (κ3) is 5.40. The fourth-order valence-corrected chi connectivity index (χ4v) is 5.78. The van der Waals surface area contributed by atoms with Crippen LogP contribution >= 0.6 is 0 Å². The fourth-order valence-electron chi connectivity index (χ4n) is 2.49. The van der Waals surface area contributed by atoms with Crippen LogP contribution in [0.3, 0.4) is 0 Å². The molecule has 0 unspecified atom stereocenters. The van der Waals surface area contributed by atoms with E-state index in [2.05, 4.69) is 49.8 Å². The molecule has 0 heterocycles. The van der Waals surface area contributed by atoms with E-state index in [1.165, 1.54) is 5.19 Å². The Bertz CT molecular complexity index is 429. The molecule has 0 saturated carbocycles. The van der Waals surface area contributed by atoms with Crippen molar-refractivity contribution >= 4 is 19.8 Å². The molecule has 0 bridgehead atoms. The van der Waals surface area contributed by atoms with Crippen LogP contribution in [0.15, 0.2) is 30.8 Å². The summed E-state index contributed by atoms with van der Waals surface area (Å²) in [6.07, 6.45) is 2.96. The van der Waals surface area contributed by atoms with Crippen LogP contribution in [0.2, 0.25) is 6.04 Å². The zero-order valence-electron chi connectivity index (χ0n) is 13.9. The molecule has 21 heavy (non-hydrogen) atoms. The third-order valence-electron chi connectivity index (χ3n) is 3.43. The van der Waals surface area contributed by atoms with E-state index in [4.69, 9.17) is 8.85 Å². The van der Waals surface area contributed by atoms with Crippen LogP contribution < -0.4 is 5.19 Å². The van der Waals surface area contributed by atoms with Gasteiger partial charge in [-0.2, -0.15) is 0 Å². The van der Waals surface area contributed by atoms with Crippen molar-refractivity contribution in [2.24, 2.45) is 0 Å². The quantitative estimate of drug-likeness (QED) is 0.620. The summed E-state index contributed by atoms with van der Waals surface area (Å²) >= 11 is 0. The predicted molar refractivity (Wildman–Crippen MR) is 93.2 cm³/mol. The van der Waals surface area contributed by atoms with Crippen LogP contribution in [-0.4, -0.2) is 47.3 Å². The second kappa shape index (κ2) is 9.15. The maximum Gasteiger partial charge on any atom is 0.372 e. The summed E-state index contributed by atoms with van der Waals surface area (Å²) in [6, 6.07) is 9.42. The van der Waals surface area contributed by atoms with Gasteiger partial charge in [0, 0.05) is 13.2 Å². The highest BCUT2D eigenvalue weighted by Crippen LogP contribution is 2.18. The molecular formula is C17H29NO2Si. The van der Waals surface area contributed by atoms with Gasteiger partial charge in [-0.1, -0.05) is 36.9 Å². The van der Waals surface area contributed by atoms with E-state index in [9.17, 15) is 0 Å². The molecular weight excluding hydrogens is 278 g/mol. The van der Waals surface area contributed by atoms with Crippen molar-refractivity contribution in [3.05, 3.63) is 36.4 Å². The fraction of sp³-hybridized carbons (Fsp3) is 0.529. The first-order valence-electron chi connectivity index (χ1n) is 7.73. The van der Waals surface area contributed by atoms with Crippen LogP contribution in [-0.2, 0) is 8.85 Å². The van der Waals surface area contributed by atoms with Gasteiger partial charge in [-0.3, -0.25) is 0 Å². The Kier molecular flexibility index (Phi) is 7.89. The Hall–Kier alpha value is -0.943. The maximum atomic E-state index is 6.20. The van der Waals surface area contributed by atoms with E-state index in [1.54, 1.807) is 0 Å². The molecule has 118 valence electrons. The van der Waals surface area contributed by atoms with Gasteiger partial charge in [0.1, 0.15) is 0 Å². The molecule has 0 N–H and O–H groups in total. The molecule has 1 aromatic carbocycles. The predicted octanol–water partition coefficient (Wildman–Crippen LogP) is 3.00. The van der Waals surface area contributed by atoms with Crippen molar-refractivity contribution < 1.29 is 8.85 Å². The van der Waals surface area contributed by atoms with E-state index < -0.39 is 8.56 Å². The van der Waals surface area contributed by atoms with Gasteiger partial charge in [0.2, 0.25) is 0 Å². The summed E-state index contributed by atoms with van der Waals surface area (Å²) in [5.74, 6) is 0. The van der Waals surface area contributed by atoms with Gasteiger partial charge in [-0.05, 0) is 57.7 Å². The number of hydrogen-bond acceptors (Lipinski definition) is 3. The average molecular weight is 308 g/mol. The van der Waals surface area contributed by atoms with Crippen molar-refractivity contribution in [1.82, 2.24) is 4.90 Å². The first kappa shape index (κ1) is 18.1. The van der Waals surface area contributed by atoms with E-state index in [-0.39, 0.29) is 0 Å². The van der Waals surface area contributed by atoms with Crippen molar-refractivity contribution in [1.29, 1.82) is 0 Å². The molecule has 1 rings (SSSR count). The monoisotopic (exact) mass is 307 g/mol. The summed E-state index contributed by atoms with van der Waals surface area (Å²) in [5.41, 5.74) is 1.12. The van der Waals surface area contributed by atoms with Crippen molar-refractivity contribution in [3.63, 3.8) is 0 Å². The Balaban J connectivity index is 3.04. The molecule has 0 aliphatic heterocycles. The molecule has 0 atom stereocenters. The molecule has 4 heteroatoms. The molecule has 0 aliphatic rings. The first-order chi connectivity index (χ1) is 10.1. The van der Waals surface area contributed by atoms with E-state index in [0.717, 1.165) is 24.6 Å². The summed E-state index contributed by atoms with van der Waals surface area (Å²) < 4.78 is 12.4. The average Bonchev–Trinajstić information content (AvgIpc) is 2.47. The van der Waals surface area contributed by atoms with Gasteiger partial charge in [0.05, 0.1) is 0 Å². The summed E-state index contributed by atoms with van der Waals surface area (Å²) in [5, 5.41) is 1.21. The van der Waals surface area contributed by atoms with Crippen LogP contribution in [0, 0.1) is 0 Å². The minimum absolute atomic E-state index is 0.687. The molecule has 0 fully saturated rings. The minimum Gasteiger partial charge on any atom is -0.391 e. The van der Waals surface area contributed by atoms with Gasteiger partial charge in [-0.15, -0.1) is 0 Å². The molecule has 0 aromatic heterocycles. The highest BCUT2D eigenvalue weighted by atomic mass is 28.4. The van der Waals surface area contributed by atoms with Gasteiger partial charge in [-0.25, -0.2) is 0 Å². The van der Waals surface area contributed by atoms with Gasteiger partial charge in [0.25, 0.3) is 0 Å². The standard InChI is InChI=1S/C17H29NO2Si/c1-6-16-11-9-12-17(15-16)21(19-7-2,20-8-3)14-10-13-18(4)5/h6,9,11-12,15H,1,7-8,10,13-14H2,2-5H3. The molecule has 0 amide bonds. The lowest BCUT2D eigenvalue weighted by Crippen LogP contribution is -2.54. The van der Waals surface area contributed by atoms with Crippen LogP contribution in [0.25, 0.3) is 6.08 Å². The normalized spacial score (nSPS) is 11.9. The van der Waals surface area contributed by atoms with Crippen molar-refractivity contribution in [2.45, 2.75) is 26.3 Å². The maximum absolute atomic E-state index is 6.20. The van der Waals surface area contributed by atoms with E-state index >= 15 is 0 Å². The molecule has 0 radical (unpaired) electrons. The van der Waals surface area contributed by atoms with Crippen LogP contribution in [0.5, 0.6) is 0 Å². The van der Waals surface area contributed by atoms with Crippen molar-refractivity contribution in [3.8, 4) is 0 Å². The highest BCUT2D eigenvalue weighted by Gasteiger charge is 2.39. The minimum atomic E-state index is -2.36. The first-order valence-corrected chi connectivity index (χ1v) is 9.76. The summed E-state index contributed by atoms with van der Waals surface area (Å²) in [6.45, 7) is 10.4. The van der Waals surface area contributed by atoms with Crippen LogP contribution in [0.4, 0.5) is 0 Å². The zero-order valence-corrected chi connectivity index (χ0v) is 14.9. The lowest BCUT2D eigenvalue weighted by atomic mass is 10.2. The third-order valence-corrected chi connectivity index (χ3v) is 7.14. The number of benzene rings is 1. The molecule has 0 spiro atoms. The van der Waals surface area contributed by atoms with Crippen molar-refractivity contribution in [2.75, 3.05) is 33.9 Å². The smallest absolute Gasteiger partial charge is 0.372 e. The highest BCUT2D eigenvalue weighted by molar-refractivity contribution is 6.81. The second-order valence-electron chi connectivity index (χ2n) is 5.36. The SMILES string of the molecule is C=Cc1cccc([Si](CCCN(C)C)(OCC)OCC)c1. The van der Waals surface area contributed by atoms with Gasteiger partial charge >= 0.3 is 8.56 Å². The summed E-state index contributed by atoms with van der Waals surface area (Å²) in [7, 11) is 1.84. The molecule has 0 saturated heterocycles. The molecule has 1 aromatic rings. The Labute approximate surface area is 130 Å². The van der Waals surface area contributed by atoms with Crippen LogP contribution in [0.1, 0.15) is 25.8 Å². The zero-order chi connectivity index (χ0) is 15.7. The number of nitrogens with zero attached hydrogens (tertiary/aromatic N) is 1. The Morgan fingerprint density at radius 1 is 1.19 bits per heavy atom. The molecule has 3 nitrogen and oxygen atoms in total. The van der Waals surface area contributed by atoms with E-state index in [1.807, 2.05) is 19.9 Å². The lowest BCUT2D eigenvalue weighted by molar-refractivity contribution is 0.194. The lowest BCUT2D eigenvalue weighted by Gasteiger charge is -2.31. The largest absolute Gasteiger partial charge is 0.391 e. The Morgan fingerprint density at radius 3 is 2.38 bits per heavy atom. The Morgan fingerprint density at radius 2 is 1.86 bits per heavy atom. The number of rotatable bonds is 10.